The minimum atomic E-state index is -5.18. The van der Waals surface area contributed by atoms with Gasteiger partial charge in [-0.2, -0.15) is 39.5 Å². The van der Waals surface area contributed by atoms with Crippen molar-refractivity contribution in [3.63, 3.8) is 0 Å². The molecule has 0 radical (unpaired) electrons. The molecule has 3 N–H and O–H groups in total. The number of methoxy groups -OCH3 is 2. The van der Waals surface area contributed by atoms with E-state index >= 15 is 0 Å². The summed E-state index contributed by atoms with van der Waals surface area (Å²) in [6, 6.07) is 23.2. The molecule has 0 bridgehead atoms. The minimum Gasteiger partial charge on any atom is -0.497 e. The standard InChI is InChI=1S/C40H47F9N2O7/c1-55-32-15-11-29(12-16-32)38(28-9-4-3-5-10-28,30-13-17-33(56-2)18-14-30)58-26-31(52)25-57-27-36(19-6-22-37(41,42)43,20-7-23-50-34(53)39(44,45)46)21-8-24-51-35(54)40(47,48)49/h3-5,9-18,31,52H,6-8,19-27H2,1-2H3,(H,50,53)(H,51,54). The summed E-state index contributed by atoms with van der Waals surface area (Å²) in [6.45, 7) is -2.20. The summed E-state index contributed by atoms with van der Waals surface area (Å²) < 4.78 is 140. The van der Waals surface area contributed by atoms with E-state index in [0.717, 1.165) is 0 Å². The van der Waals surface area contributed by atoms with E-state index in [1.807, 2.05) is 30.3 Å². The van der Waals surface area contributed by atoms with Crippen molar-refractivity contribution in [1.82, 2.24) is 10.6 Å². The minimum absolute atomic E-state index is 0.116. The third-order valence-electron chi connectivity index (χ3n) is 9.41. The van der Waals surface area contributed by atoms with Gasteiger partial charge in [0.25, 0.3) is 0 Å². The molecular weight excluding hydrogens is 791 g/mol. The molecule has 58 heavy (non-hydrogen) atoms. The van der Waals surface area contributed by atoms with Gasteiger partial charge in [-0.15, -0.1) is 0 Å². The number of alkyl halides is 9. The lowest BCUT2D eigenvalue weighted by molar-refractivity contribution is -0.173. The molecule has 3 rings (SSSR count). The van der Waals surface area contributed by atoms with Crippen LogP contribution in [0.4, 0.5) is 39.5 Å². The first-order valence-corrected chi connectivity index (χ1v) is 18.3. The topological polar surface area (TPSA) is 115 Å². The summed E-state index contributed by atoms with van der Waals surface area (Å²) in [5.41, 5.74) is -0.632. The van der Waals surface area contributed by atoms with Crippen molar-refractivity contribution >= 4 is 11.8 Å². The first kappa shape index (κ1) is 47.8. The van der Waals surface area contributed by atoms with Crippen LogP contribution in [-0.4, -0.2) is 88.7 Å². The fourth-order valence-electron chi connectivity index (χ4n) is 6.54. The second-order valence-corrected chi connectivity index (χ2v) is 13.7. The molecule has 0 saturated carbocycles. The second kappa shape index (κ2) is 21.5. The average Bonchev–Trinajstić information content (AvgIpc) is 3.17. The highest BCUT2D eigenvalue weighted by molar-refractivity contribution is 5.82. The van der Waals surface area contributed by atoms with Gasteiger partial charge in [-0.3, -0.25) is 9.59 Å². The molecule has 3 aromatic rings. The molecule has 18 heteroatoms. The number of rotatable bonds is 23. The maximum absolute atomic E-state index is 13.2. The molecule has 3 aromatic carbocycles. The molecule has 2 amide bonds. The van der Waals surface area contributed by atoms with Crippen LogP contribution in [0.15, 0.2) is 78.9 Å². The molecule has 0 fully saturated rings. The SMILES string of the molecule is COc1ccc(C(OCC(O)COCC(CCCNC(=O)C(F)(F)F)(CCCNC(=O)C(F)(F)F)CCCC(F)(F)F)(c2ccccc2)c2ccc(OC)cc2)cc1. The number of aliphatic hydroxyl groups is 1. The van der Waals surface area contributed by atoms with Gasteiger partial charge in [-0.1, -0.05) is 54.6 Å². The van der Waals surface area contributed by atoms with Crippen LogP contribution in [0.1, 0.15) is 61.6 Å². The van der Waals surface area contributed by atoms with E-state index in [1.54, 1.807) is 59.2 Å². The molecule has 0 aliphatic carbocycles. The Balaban J connectivity index is 1.87. The van der Waals surface area contributed by atoms with Crippen molar-refractivity contribution in [1.29, 1.82) is 0 Å². The molecule has 1 unspecified atom stereocenters. The largest absolute Gasteiger partial charge is 0.497 e. The molecule has 0 aliphatic rings. The Labute approximate surface area is 330 Å². The van der Waals surface area contributed by atoms with Gasteiger partial charge < -0.3 is 34.7 Å². The van der Waals surface area contributed by atoms with Gasteiger partial charge in [0.1, 0.15) is 23.2 Å². The van der Waals surface area contributed by atoms with Crippen molar-refractivity contribution < 1.29 is 73.2 Å². The molecule has 0 spiro atoms. The summed E-state index contributed by atoms with van der Waals surface area (Å²) in [7, 11) is 3.02. The number of carbonyl (C=O) groups excluding carboxylic acids is 2. The van der Waals surface area contributed by atoms with Crippen molar-refractivity contribution in [3.05, 3.63) is 95.6 Å². The van der Waals surface area contributed by atoms with Gasteiger partial charge in [0.2, 0.25) is 0 Å². The zero-order valence-electron chi connectivity index (χ0n) is 31.9. The summed E-state index contributed by atoms with van der Waals surface area (Å²) in [5.74, 6) is -3.31. The lowest BCUT2D eigenvalue weighted by Gasteiger charge is -2.37. The monoisotopic (exact) mass is 838 g/mol. The Morgan fingerprint density at radius 3 is 1.45 bits per heavy atom. The van der Waals surface area contributed by atoms with Crippen LogP contribution < -0.4 is 20.1 Å². The maximum Gasteiger partial charge on any atom is 0.471 e. The predicted octanol–water partition coefficient (Wildman–Crippen LogP) is 8.03. The number of hydrogen-bond donors (Lipinski definition) is 3. The van der Waals surface area contributed by atoms with E-state index in [9.17, 15) is 54.2 Å². The molecule has 322 valence electrons. The predicted molar refractivity (Wildman–Crippen MR) is 194 cm³/mol. The Morgan fingerprint density at radius 2 is 1.03 bits per heavy atom. The van der Waals surface area contributed by atoms with Crippen LogP contribution in [0, 0.1) is 5.41 Å². The van der Waals surface area contributed by atoms with Crippen molar-refractivity contribution in [3.8, 4) is 11.5 Å². The van der Waals surface area contributed by atoms with Gasteiger partial charge in [-0.25, -0.2) is 0 Å². The highest BCUT2D eigenvalue weighted by atomic mass is 19.4. The number of carbonyl (C=O) groups is 2. The van der Waals surface area contributed by atoms with Crippen LogP contribution >= 0.6 is 0 Å². The summed E-state index contributed by atoms with van der Waals surface area (Å²) in [6.07, 6.45) is -18.8. The van der Waals surface area contributed by atoms with E-state index in [2.05, 4.69) is 0 Å². The summed E-state index contributed by atoms with van der Waals surface area (Å²) in [5, 5.41) is 14.6. The van der Waals surface area contributed by atoms with E-state index in [-0.39, 0.29) is 45.3 Å². The zero-order valence-corrected chi connectivity index (χ0v) is 31.9. The molecule has 9 nitrogen and oxygen atoms in total. The first-order chi connectivity index (χ1) is 27.2. The number of amides is 2. The van der Waals surface area contributed by atoms with Crippen LogP contribution in [0.25, 0.3) is 0 Å². The molecule has 0 saturated heterocycles. The highest BCUT2D eigenvalue weighted by Crippen LogP contribution is 2.42. The number of hydrogen-bond acceptors (Lipinski definition) is 7. The van der Waals surface area contributed by atoms with Crippen LogP contribution in [0.3, 0.4) is 0 Å². The smallest absolute Gasteiger partial charge is 0.471 e. The van der Waals surface area contributed by atoms with Crippen molar-refractivity contribution in [2.24, 2.45) is 5.41 Å². The van der Waals surface area contributed by atoms with E-state index < -0.39 is 80.0 Å². The first-order valence-electron chi connectivity index (χ1n) is 18.3. The van der Waals surface area contributed by atoms with Crippen LogP contribution in [0.5, 0.6) is 11.5 Å². The summed E-state index contributed by atoms with van der Waals surface area (Å²) >= 11 is 0. The Bertz CT molecular complexity index is 1600. The molecule has 1 atom stereocenters. The van der Waals surface area contributed by atoms with Crippen molar-refractivity contribution in [2.45, 2.75) is 75.2 Å². The van der Waals surface area contributed by atoms with Gasteiger partial charge in [0, 0.05) is 19.5 Å². The lowest BCUT2D eigenvalue weighted by Crippen LogP contribution is -2.39. The molecule has 0 aliphatic heterocycles. The number of nitrogens with one attached hydrogen (secondary N) is 2. The average molecular weight is 839 g/mol. The normalized spacial score (nSPS) is 13.2. The number of halogens is 9. The molecule has 0 heterocycles. The van der Waals surface area contributed by atoms with Crippen molar-refractivity contribution in [2.75, 3.05) is 47.1 Å². The fourth-order valence-corrected chi connectivity index (χ4v) is 6.54. The number of ether oxygens (including phenoxy) is 4. The number of aliphatic hydroxyl groups excluding tert-OH is 1. The van der Waals surface area contributed by atoms with Gasteiger partial charge in [-0.05, 0) is 84.9 Å². The third kappa shape index (κ3) is 14.7. The van der Waals surface area contributed by atoms with Crippen LogP contribution in [-0.2, 0) is 24.7 Å². The second-order valence-electron chi connectivity index (χ2n) is 13.7. The van der Waals surface area contributed by atoms with Crippen LogP contribution in [0.2, 0.25) is 0 Å². The summed E-state index contributed by atoms with van der Waals surface area (Å²) in [4.78, 5) is 22.7. The molecular formula is C40H47F9N2O7. The molecule has 0 aromatic heterocycles. The van der Waals surface area contributed by atoms with E-state index in [1.165, 1.54) is 14.2 Å². The van der Waals surface area contributed by atoms with Gasteiger partial charge >= 0.3 is 30.3 Å². The lowest BCUT2D eigenvalue weighted by atomic mass is 9.75. The Morgan fingerprint density at radius 1 is 0.603 bits per heavy atom. The Hall–Kier alpha value is -4.55. The van der Waals surface area contributed by atoms with Gasteiger partial charge in [0.05, 0.1) is 34.0 Å². The quantitative estimate of drug-likeness (QED) is 0.0504. The zero-order chi connectivity index (χ0) is 43.0. The Kier molecular flexibility index (Phi) is 17.7. The van der Waals surface area contributed by atoms with Gasteiger partial charge in [0.15, 0.2) is 0 Å². The number of benzene rings is 3. The maximum atomic E-state index is 13.2. The third-order valence-corrected chi connectivity index (χ3v) is 9.41. The van der Waals surface area contributed by atoms with E-state index in [4.69, 9.17) is 18.9 Å². The fraction of sp³-hybridized carbons (Fsp3) is 0.500. The van der Waals surface area contributed by atoms with E-state index in [0.29, 0.717) is 28.2 Å². The highest BCUT2D eigenvalue weighted by Gasteiger charge is 2.41.